The van der Waals surface area contributed by atoms with E-state index in [4.69, 9.17) is 14.6 Å². The maximum absolute atomic E-state index is 12.9. The summed E-state index contributed by atoms with van der Waals surface area (Å²) in [7, 11) is 1.39. The minimum atomic E-state index is -0.891. The molecule has 0 radical (unpaired) electrons. The molecule has 30 heavy (non-hydrogen) atoms. The van der Waals surface area contributed by atoms with Crippen LogP contribution >= 0.6 is 0 Å². The first-order valence-electron chi connectivity index (χ1n) is 9.39. The molecule has 158 valence electrons. The third kappa shape index (κ3) is 4.14. The first kappa shape index (κ1) is 21.4. The Balaban J connectivity index is 2.10. The molecule has 8 heteroatoms. The first-order chi connectivity index (χ1) is 14.5. The van der Waals surface area contributed by atoms with Gasteiger partial charge in [0.15, 0.2) is 11.5 Å². The number of phenolic OH excluding ortho intramolecular Hbond substituents is 1. The van der Waals surface area contributed by atoms with Gasteiger partial charge in [0.1, 0.15) is 5.76 Å². The monoisotopic (exact) mass is 413 g/mol. The third-order valence-corrected chi connectivity index (χ3v) is 4.82. The highest BCUT2D eigenvalue weighted by Crippen LogP contribution is 2.41. The van der Waals surface area contributed by atoms with Gasteiger partial charge in [-0.25, -0.2) is 0 Å². The molecule has 1 heterocycles. The summed E-state index contributed by atoms with van der Waals surface area (Å²) in [6.07, 6.45) is 0. The van der Waals surface area contributed by atoms with E-state index < -0.39 is 17.7 Å². The zero-order chi connectivity index (χ0) is 21.7. The summed E-state index contributed by atoms with van der Waals surface area (Å²) in [5, 5.41) is 29.7. The molecule has 2 aromatic rings. The minimum absolute atomic E-state index is 0.0545. The molecular formula is C22H23NO7. The number of phenols is 1. The average molecular weight is 413 g/mol. The molecule has 0 aliphatic carbocycles. The molecule has 8 nitrogen and oxygen atoms in total. The molecular weight excluding hydrogens is 390 g/mol. The molecule has 1 aliphatic rings. The predicted molar refractivity (Wildman–Crippen MR) is 108 cm³/mol. The maximum Gasteiger partial charge on any atom is 0.295 e. The lowest BCUT2D eigenvalue weighted by Gasteiger charge is -2.25. The number of amides is 1. The second-order valence-electron chi connectivity index (χ2n) is 6.63. The molecule has 1 atom stereocenters. The van der Waals surface area contributed by atoms with Crippen LogP contribution in [-0.2, 0) is 14.3 Å². The highest BCUT2D eigenvalue weighted by Gasteiger charge is 2.46. The molecule has 3 N–H and O–H groups in total. The number of aliphatic hydroxyl groups is 2. The highest BCUT2D eigenvalue weighted by atomic mass is 16.5. The SMILES string of the molecule is COc1cc(C2/C(=C(\O)c3ccccc3)C(=O)C(=O)N2CCOCCO)ccc1O. The highest BCUT2D eigenvalue weighted by molar-refractivity contribution is 6.46. The van der Waals surface area contributed by atoms with Crippen LogP contribution in [0.1, 0.15) is 17.2 Å². The normalized spacial score (nSPS) is 18.1. The average Bonchev–Trinajstić information content (AvgIpc) is 3.02. The lowest BCUT2D eigenvalue weighted by atomic mass is 9.95. The van der Waals surface area contributed by atoms with Crippen molar-refractivity contribution >= 4 is 17.4 Å². The number of aliphatic hydroxyl groups excluding tert-OH is 2. The molecule has 0 aromatic heterocycles. The van der Waals surface area contributed by atoms with Crippen LogP contribution in [0.15, 0.2) is 54.1 Å². The Morgan fingerprint density at radius 1 is 1.10 bits per heavy atom. The van der Waals surface area contributed by atoms with Gasteiger partial charge >= 0.3 is 0 Å². The number of aromatic hydroxyl groups is 1. The quantitative estimate of drug-likeness (QED) is 0.262. The number of nitrogens with zero attached hydrogens (tertiary/aromatic N) is 1. The van der Waals surface area contributed by atoms with Crippen molar-refractivity contribution in [2.75, 3.05) is 33.5 Å². The third-order valence-electron chi connectivity index (χ3n) is 4.82. The number of methoxy groups -OCH3 is 1. The van der Waals surface area contributed by atoms with E-state index in [0.29, 0.717) is 11.1 Å². The molecule has 0 saturated carbocycles. The van der Waals surface area contributed by atoms with Crippen LogP contribution in [0.25, 0.3) is 5.76 Å². The van der Waals surface area contributed by atoms with Gasteiger partial charge in [0.25, 0.3) is 11.7 Å². The van der Waals surface area contributed by atoms with Crippen molar-refractivity contribution < 1.29 is 34.4 Å². The molecule has 0 bridgehead atoms. The molecule has 0 spiro atoms. The fourth-order valence-electron chi connectivity index (χ4n) is 3.40. The van der Waals surface area contributed by atoms with E-state index in [1.807, 2.05) is 0 Å². The Kier molecular flexibility index (Phi) is 6.71. The van der Waals surface area contributed by atoms with E-state index in [-0.39, 0.29) is 49.2 Å². The molecule has 1 fully saturated rings. The lowest BCUT2D eigenvalue weighted by Crippen LogP contribution is -2.33. The summed E-state index contributed by atoms with van der Waals surface area (Å²) in [5.74, 6) is -1.78. The number of likely N-dealkylation sites (tertiary alicyclic amines) is 1. The predicted octanol–water partition coefficient (Wildman–Crippen LogP) is 1.83. The Hall–Kier alpha value is -3.36. The van der Waals surface area contributed by atoms with Gasteiger partial charge in [-0.2, -0.15) is 0 Å². The van der Waals surface area contributed by atoms with E-state index in [1.165, 1.54) is 24.1 Å². The number of ketones is 1. The summed E-state index contributed by atoms with van der Waals surface area (Å²) >= 11 is 0. The number of hydrogen-bond donors (Lipinski definition) is 3. The van der Waals surface area contributed by atoms with Gasteiger partial charge in [-0.05, 0) is 17.7 Å². The molecule has 1 aliphatic heterocycles. The largest absolute Gasteiger partial charge is 0.507 e. The second kappa shape index (κ2) is 9.43. The van der Waals surface area contributed by atoms with E-state index in [2.05, 4.69) is 0 Å². The fourth-order valence-corrected chi connectivity index (χ4v) is 3.40. The molecule has 2 aromatic carbocycles. The molecule has 1 amide bonds. The van der Waals surface area contributed by atoms with E-state index in [0.717, 1.165) is 0 Å². The van der Waals surface area contributed by atoms with Crippen molar-refractivity contribution in [2.45, 2.75) is 6.04 Å². The van der Waals surface area contributed by atoms with Gasteiger partial charge in [0, 0.05) is 12.1 Å². The van der Waals surface area contributed by atoms with Crippen LogP contribution < -0.4 is 4.74 Å². The van der Waals surface area contributed by atoms with Crippen molar-refractivity contribution in [3.63, 3.8) is 0 Å². The fraction of sp³-hybridized carbons (Fsp3) is 0.273. The van der Waals surface area contributed by atoms with Gasteiger partial charge in [0.2, 0.25) is 0 Å². The Labute approximate surface area is 173 Å². The van der Waals surface area contributed by atoms with Crippen LogP contribution in [0.4, 0.5) is 0 Å². The maximum atomic E-state index is 12.9. The van der Waals surface area contributed by atoms with Crippen LogP contribution in [0, 0.1) is 0 Å². The Bertz CT molecular complexity index is 955. The molecule has 1 saturated heterocycles. The smallest absolute Gasteiger partial charge is 0.295 e. The van der Waals surface area contributed by atoms with E-state index in [1.54, 1.807) is 36.4 Å². The summed E-state index contributed by atoms with van der Waals surface area (Å²) in [4.78, 5) is 26.9. The summed E-state index contributed by atoms with van der Waals surface area (Å²) < 4.78 is 10.4. The zero-order valence-electron chi connectivity index (χ0n) is 16.4. The number of carbonyl (C=O) groups excluding carboxylic acids is 2. The summed E-state index contributed by atoms with van der Waals surface area (Å²) in [5.41, 5.74) is 0.840. The van der Waals surface area contributed by atoms with Crippen molar-refractivity contribution in [1.82, 2.24) is 4.90 Å². The van der Waals surface area contributed by atoms with Crippen LogP contribution in [0.5, 0.6) is 11.5 Å². The number of benzene rings is 2. The van der Waals surface area contributed by atoms with Crippen LogP contribution in [0.3, 0.4) is 0 Å². The van der Waals surface area contributed by atoms with Gasteiger partial charge < -0.3 is 29.7 Å². The minimum Gasteiger partial charge on any atom is -0.507 e. The van der Waals surface area contributed by atoms with Gasteiger partial charge in [0.05, 0.1) is 38.5 Å². The van der Waals surface area contributed by atoms with E-state index >= 15 is 0 Å². The van der Waals surface area contributed by atoms with E-state index in [9.17, 15) is 19.8 Å². The van der Waals surface area contributed by atoms with Gasteiger partial charge in [-0.1, -0.05) is 36.4 Å². The Morgan fingerprint density at radius 3 is 2.50 bits per heavy atom. The van der Waals surface area contributed by atoms with Crippen LogP contribution in [-0.4, -0.2) is 65.4 Å². The van der Waals surface area contributed by atoms with Crippen LogP contribution in [0.2, 0.25) is 0 Å². The number of Topliss-reactive ketones (excluding diaryl/α,β-unsaturated/α-hetero) is 1. The molecule has 3 rings (SSSR count). The summed E-state index contributed by atoms with van der Waals surface area (Å²) in [6, 6.07) is 12.1. The number of rotatable bonds is 8. The Morgan fingerprint density at radius 2 is 1.83 bits per heavy atom. The van der Waals surface area contributed by atoms with Crippen molar-refractivity contribution in [3.05, 3.63) is 65.2 Å². The van der Waals surface area contributed by atoms with Crippen molar-refractivity contribution in [1.29, 1.82) is 0 Å². The zero-order valence-corrected chi connectivity index (χ0v) is 16.4. The summed E-state index contributed by atoms with van der Waals surface area (Å²) in [6.45, 7) is 0.117. The standard InChI is InChI=1S/C22H23NO7/c1-29-17-13-15(7-8-16(17)25)19-18(20(26)14-5-3-2-4-6-14)21(27)22(28)23(19)9-11-30-12-10-24/h2-8,13,19,24-26H,9-12H2,1H3/b20-18+. The van der Waals surface area contributed by atoms with Crippen molar-refractivity contribution in [2.24, 2.45) is 0 Å². The number of hydrogen-bond acceptors (Lipinski definition) is 7. The lowest BCUT2D eigenvalue weighted by molar-refractivity contribution is -0.140. The van der Waals surface area contributed by atoms with Gasteiger partial charge in [-0.15, -0.1) is 0 Å². The second-order valence-corrected chi connectivity index (χ2v) is 6.63. The first-order valence-corrected chi connectivity index (χ1v) is 9.39. The number of carbonyl (C=O) groups is 2. The van der Waals surface area contributed by atoms with Gasteiger partial charge in [-0.3, -0.25) is 9.59 Å². The molecule has 1 unspecified atom stereocenters. The number of ether oxygens (including phenoxy) is 2. The topological polar surface area (TPSA) is 117 Å². The van der Waals surface area contributed by atoms with Crippen molar-refractivity contribution in [3.8, 4) is 11.5 Å².